The van der Waals surface area contributed by atoms with Crippen molar-refractivity contribution in [3.8, 4) is 22.7 Å². The molecule has 5 rings (SSSR count). The lowest BCUT2D eigenvalue weighted by atomic mass is 10.0. The molecule has 0 aliphatic carbocycles. The zero-order valence-electron chi connectivity index (χ0n) is 17.8. The van der Waals surface area contributed by atoms with Gasteiger partial charge in [-0.3, -0.25) is 4.79 Å². The van der Waals surface area contributed by atoms with Gasteiger partial charge >= 0.3 is 0 Å². The van der Waals surface area contributed by atoms with Crippen molar-refractivity contribution in [2.45, 2.75) is 18.6 Å². The molecule has 2 saturated heterocycles. The molecule has 2 aliphatic heterocycles. The topological polar surface area (TPSA) is 65.8 Å². The standard InChI is InChI=1S/C24H24FN3O4/c1-30-20-8-2-17(3-9-20)21-16-22(28(26-21)19-6-4-18(25)5-7-19)23(29)27-12-10-24(11-13-27)31-14-15-32-24/h2-9,16H,10-15H2,1H3. The predicted octanol–water partition coefficient (Wildman–Crippen LogP) is 3.67. The zero-order valence-corrected chi connectivity index (χ0v) is 17.8. The second kappa shape index (κ2) is 8.37. The van der Waals surface area contributed by atoms with Crippen molar-refractivity contribution < 1.29 is 23.4 Å². The van der Waals surface area contributed by atoms with Crippen molar-refractivity contribution in [2.75, 3.05) is 33.4 Å². The van der Waals surface area contributed by atoms with Crippen LogP contribution in [-0.4, -0.2) is 59.8 Å². The average molecular weight is 437 g/mol. The molecule has 0 unspecified atom stereocenters. The Morgan fingerprint density at radius 2 is 1.69 bits per heavy atom. The summed E-state index contributed by atoms with van der Waals surface area (Å²) < 4.78 is 31.9. The molecule has 0 N–H and O–H groups in total. The van der Waals surface area contributed by atoms with Crippen LogP contribution >= 0.6 is 0 Å². The second-order valence-electron chi connectivity index (χ2n) is 7.93. The first kappa shape index (κ1) is 20.7. The van der Waals surface area contributed by atoms with Crippen LogP contribution < -0.4 is 4.74 Å². The van der Waals surface area contributed by atoms with Crippen LogP contribution in [0, 0.1) is 5.82 Å². The summed E-state index contributed by atoms with van der Waals surface area (Å²) in [5.74, 6) is -0.291. The molecular formula is C24H24FN3O4. The van der Waals surface area contributed by atoms with Gasteiger partial charge in [0.15, 0.2) is 5.79 Å². The Bertz CT molecular complexity index is 1100. The Hall–Kier alpha value is -3.23. The number of methoxy groups -OCH3 is 1. The first-order chi connectivity index (χ1) is 15.6. The molecule has 8 heteroatoms. The summed E-state index contributed by atoms with van der Waals surface area (Å²) in [4.78, 5) is 15.3. The third-order valence-corrected chi connectivity index (χ3v) is 6.01. The Balaban J connectivity index is 1.47. The fourth-order valence-electron chi connectivity index (χ4n) is 4.21. The number of rotatable bonds is 4. The molecule has 0 bridgehead atoms. The molecule has 2 fully saturated rings. The maximum atomic E-state index is 13.5. The van der Waals surface area contributed by atoms with E-state index in [-0.39, 0.29) is 11.7 Å². The van der Waals surface area contributed by atoms with Crippen molar-refractivity contribution >= 4 is 5.91 Å². The van der Waals surface area contributed by atoms with Crippen molar-refractivity contribution in [3.63, 3.8) is 0 Å². The highest BCUT2D eigenvalue weighted by Gasteiger charge is 2.41. The van der Waals surface area contributed by atoms with Crippen molar-refractivity contribution in [1.29, 1.82) is 0 Å². The van der Waals surface area contributed by atoms with Crippen LogP contribution in [-0.2, 0) is 9.47 Å². The van der Waals surface area contributed by atoms with Gasteiger partial charge in [0.1, 0.15) is 17.3 Å². The average Bonchev–Trinajstić information content (AvgIpc) is 3.48. The van der Waals surface area contributed by atoms with Crippen LogP contribution in [0.15, 0.2) is 54.6 Å². The monoisotopic (exact) mass is 437 g/mol. The fourth-order valence-corrected chi connectivity index (χ4v) is 4.21. The molecule has 0 radical (unpaired) electrons. The number of benzene rings is 2. The van der Waals surface area contributed by atoms with Gasteiger partial charge in [0.05, 0.1) is 31.7 Å². The van der Waals surface area contributed by atoms with Crippen LogP contribution in [0.4, 0.5) is 4.39 Å². The fraction of sp³-hybridized carbons (Fsp3) is 0.333. The predicted molar refractivity (Wildman–Crippen MR) is 115 cm³/mol. The van der Waals surface area contributed by atoms with E-state index < -0.39 is 5.79 Å². The number of nitrogens with zero attached hydrogens (tertiary/aromatic N) is 3. The molecule has 2 aliphatic rings. The molecule has 166 valence electrons. The Kier molecular flexibility index (Phi) is 5.40. The van der Waals surface area contributed by atoms with E-state index in [1.54, 1.807) is 34.9 Å². The van der Waals surface area contributed by atoms with Gasteiger partial charge < -0.3 is 19.1 Å². The molecular weight excluding hydrogens is 413 g/mol. The van der Waals surface area contributed by atoms with E-state index >= 15 is 0 Å². The third kappa shape index (κ3) is 3.87. The molecule has 1 aromatic heterocycles. The highest BCUT2D eigenvalue weighted by molar-refractivity contribution is 5.94. The van der Waals surface area contributed by atoms with Gasteiger partial charge in [0, 0.05) is 31.5 Å². The minimum atomic E-state index is -0.553. The van der Waals surface area contributed by atoms with Gasteiger partial charge in [0.2, 0.25) is 0 Å². The van der Waals surface area contributed by atoms with Crippen LogP contribution in [0.3, 0.4) is 0 Å². The minimum Gasteiger partial charge on any atom is -0.497 e. The van der Waals surface area contributed by atoms with Gasteiger partial charge in [-0.2, -0.15) is 5.10 Å². The highest BCUT2D eigenvalue weighted by atomic mass is 19.1. The third-order valence-electron chi connectivity index (χ3n) is 6.01. The lowest BCUT2D eigenvalue weighted by molar-refractivity contribution is -0.181. The van der Waals surface area contributed by atoms with Gasteiger partial charge in [0.25, 0.3) is 5.91 Å². The summed E-state index contributed by atoms with van der Waals surface area (Å²) in [6.07, 6.45) is 1.27. The minimum absolute atomic E-state index is 0.130. The van der Waals surface area contributed by atoms with Crippen molar-refractivity contribution in [3.05, 3.63) is 66.1 Å². The molecule has 0 atom stereocenters. The van der Waals surface area contributed by atoms with E-state index in [9.17, 15) is 9.18 Å². The van der Waals surface area contributed by atoms with Crippen LogP contribution in [0.5, 0.6) is 5.75 Å². The number of hydrogen-bond donors (Lipinski definition) is 0. The number of halogens is 1. The largest absolute Gasteiger partial charge is 0.497 e. The maximum absolute atomic E-state index is 13.5. The van der Waals surface area contributed by atoms with Crippen LogP contribution in [0.1, 0.15) is 23.3 Å². The van der Waals surface area contributed by atoms with Gasteiger partial charge in [-0.1, -0.05) is 0 Å². The molecule has 3 aromatic rings. The number of piperidine rings is 1. The van der Waals surface area contributed by atoms with E-state index in [1.165, 1.54) is 12.1 Å². The van der Waals surface area contributed by atoms with E-state index in [0.29, 0.717) is 56.2 Å². The van der Waals surface area contributed by atoms with Crippen LogP contribution in [0.2, 0.25) is 0 Å². The molecule has 0 saturated carbocycles. The number of ether oxygens (including phenoxy) is 3. The SMILES string of the molecule is COc1ccc(-c2cc(C(=O)N3CCC4(CC3)OCCO4)n(-c3ccc(F)cc3)n2)cc1. The van der Waals surface area contributed by atoms with E-state index in [0.717, 1.165) is 11.3 Å². The Morgan fingerprint density at radius 3 is 2.31 bits per heavy atom. The summed E-state index contributed by atoms with van der Waals surface area (Å²) in [6.45, 7) is 2.25. The summed E-state index contributed by atoms with van der Waals surface area (Å²) >= 11 is 0. The first-order valence-corrected chi connectivity index (χ1v) is 10.6. The van der Waals surface area contributed by atoms with Crippen molar-refractivity contribution in [1.82, 2.24) is 14.7 Å². The quantitative estimate of drug-likeness (QED) is 0.623. The molecule has 7 nitrogen and oxygen atoms in total. The smallest absolute Gasteiger partial charge is 0.272 e. The molecule has 1 amide bonds. The van der Waals surface area contributed by atoms with E-state index in [1.807, 2.05) is 24.3 Å². The summed E-state index contributed by atoms with van der Waals surface area (Å²) in [7, 11) is 1.61. The normalized spacial score (nSPS) is 17.6. The Labute approximate surface area is 185 Å². The number of hydrogen-bond acceptors (Lipinski definition) is 5. The number of aromatic nitrogens is 2. The van der Waals surface area contributed by atoms with E-state index in [4.69, 9.17) is 14.2 Å². The molecule has 32 heavy (non-hydrogen) atoms. The summed E-state index contributed by atoms with van der Waals surface area (Å²) in [6, 6.07) is 15.2. The number of carbonyl (C=O) groups is 1. The molecule has 2 aromatic carbocycles. The van der Waals surface area contributed by atoms with Gasteiger partial charge in [-0.25, -0.2) is 9.07 Å². The van der Waals surface area contributed by atoms with Crippen LogP contribution in [0.25, 0.3) is 16.9 Å². The maximum Gasteiger partial charge on any atom is 0.272 e. The summed E-state index contributed by atoms with van der Waals surface area (Å²) in [5, 5.41) is 4.68. The van der Waals surface area contributed by atoms with Gasteiger partial charge in [-0.15, -0.1) is 0 Å². The van der Waals surface area contributed by atoms with Crippen molar-refractivity contribution in [2.24, 2.45) is 0 Å². The number of likely N-dealkylation sites (tertiary alicyclic amines) is 1. The zero-order chi connectivity index (χ0) is 22.1. The Morgan fingerprint density at radius 1 is 1.03 bits per heavy atom. The van der Waals surface area contributed by atoms with E-state index in [2.05, 4.69) is 5.10 Å². The molecule has 1 spiro atoms. The lowest BCUT2D eigenvalue weighted by Crippen LogP contribution is -2.47. The number of carbonyl (C=O) groups excluding carboxylic acids is 1. The second-order valence-corrected chi connectivity index (χ2v) is 7.93. The summed E-state index contributed by atoms with van der Waals surface area (Å²) in [5.41, 5.74) is 2.54. The highest BCUT2D eigenvalue weighted by Crippen LogP contribution is 2.32. The number of amides is 1. The lowest BCUT2D eigenvalue weighted by Gasteiger charge is -2.37. The van der Waals surface area contributed by atoms with Gasteiger partial charge in [-0.05, 0) is 54.6 Å². The first-order valence-electron chi connectivity index (χ1n) is 10.6. The molecule has 3 heterocycles.